The van der Waals surface area contributed by atoms with E-state index in [1.54, 1.807) is 0 Å². The van der Waals surface area contributed by atoms with Gasteiger partial charge in [0, 0.05) is 16.2 Å². The molecule has 0 amide bonds. The molecule has 0 spiro atoms. The van der Waals surface area contributed by atoms with Gasteiger partial charge in [0.2, 0.25) is 0 Å². The van der Waals surface area contributed by atoms with Crippen molar-refractivity contribution in [2.24, 2.45) is 0 Å². The molecule has 0 aromatic heterocycles. The van der Waals surface area contributed by atoms with Crippen LogP contribution in [0.3, 0.4) is 0 Å². The maximum Gasteiger partial charge on any atom is 0.303 e. The Labute approximate surface area is 87.8 Å². The molecule has 2 nitrogen and oxygen atoms in total. The van der Waals surface area contributed by atoms with Crippen LogP contribution in [0.2, 0.25) is 0 Å². The predicted molar refractivity (Wildman–Crippen MR) is 56.9 cm³/mol. The van der Waals surface area contributed by atoms with Crippen LogP contribution in [0, 0.1) is 0 Å². The molecule has 1 aromatic rings. The van der Waals surface area contributed by atoms with Gasteiger partial charge in [0.25, 0.3) is 0 Å². The first-order chi connectivity index (χ1) is 6.08. The van der Waals surface area contributed by atoms with Crippen LogP contribution in [0.25, 0.3) is 0 Å². The van der Waals surface area contributed by atoms with E-state index >= 15 is 0 Å². The van der Waals surface area contributed by atoms with Gasteiger partial charge in [-0.2, -0.15) is 0 Å². The molecule has 4 heteroatoms. The monoisotopic (exact) mass is 214 g/mol. The van der Waals surface area contributed by atoms with E-state index in [1.165, 1.54) is 0 Å². The quantitative estimate of drug-likeness (QED) is 0.675. The van der Waals surface area contributed by atoms with E-state index in [4.69, 9.17) is 5.11 Å². The summed E-state index contributed by atoms with van der Waals surface area (Å²) < 4.78 is 0. The highest BCUT2D eigenvalue weighted by Crippen LogP contribution is 2.17. The molecule has 0 atom stereocenters. The first-order valence-electron chi connectivity index (χ1n) is 3.81. The van der Waals surface area contributed by atoms with Crippen molar-refractivity contribution in [2.45, 2.75) is 22.6 Å². The van der Waals surface area contributed by atoms with Crippen LogP contribution in [-0.4, -0.2) is 11.1 Å². The van der Waals surface area contributed by atoms with E-state index in [-0.39, 0.29) is 6.42 Å². The van der Waals surface area contributed by atoms with Gasteiger partial charge in [-0.15, -0.1) is 25.3 Å². The molecule has 0 fully saturated rings. The number of aryl methyl sites for hydroxylation is 1. The fraction of sp³-hybridized carbons (Fsp3) is 0.222. The lowest BCUT2D eigenvalue weighted by Gasteiger charge is -2.01. The number of carbonyl (C=O) groups is 1. The van der Waals surface area contributed by atoms with Gasteiger partial charge in [0.15, 0.2) is 0 Å². The first kappa shape index (κ1) is 10.5. The second kappa shape index (κ2) is 4.58. The number of hydrogen-bond acceptors (Lipinski definition) is 3. The zero-order valence-electron chi connectivity index (χ0n) is 6.90. The van der Waals surface area contributed by atoms with Crippen LogP contribution in [0.4, 0.5) is 0 Å². The summed E-state index contributed by atoms with van der Waals surface area (Å²) in [6.07, 6.45) is 0.668. The fourth-order valence-corrected chi connectivity index (χ4v) is 1.76. The van der Waals surface area contributed by atoms with Crippen molar-refractivity contribution in [3.05, 3.63) is 23.8 Å². The van der Waals surface area contributed by atoms with Crippen molar-refractivity contribution in [1.29, 1.82) is 0 Å². The normalized spacial score (nSPS) is 10.0. The van der Waals surface area contributed by atoms with Crippen LogP contribution in [0.5, 0.6) is 0 Å². The molecule has 0 aliphatic rings. The van der Waals surface area contributed by atoms with Crippen LogP contribution < -0.4 is 0 Å². The van der Waals surface area contributed by atoms with Gasteiger partial charge in [-0.3, -0.25) is 4.79 Å². The van der Waals surface area contributed by atoms with Gasteiger partial charge in [0.1, 0.15) is 0 Å². The summed E-state index contributed by atoms with van der Waals surface area (Å²) in [7, 11) is 0. The van der Waals surface area contributed by atoms with Gasteiger partial charge < -0.3 is 5.11 Å². The Morgan fingerprint density at radius 2 is 1.77 bits per heavy atom. The summed E-state index contributed by atoms with van der Waals surface area (Å²) in [6.45, 7) is 0. The fourth-order valence-electron chi connectivity index (χ4n) is 1.05. The van der Waals surface area contributed by atoms with E-state index in [1.807, 2.05) is 18.2 Å². The summed E-state index contributed by atoms with van der Waals surface area (Å²) in [5.74, 6) is -0.787. The largest absolute Gasteiger partial charge is 0.481 e. The Balaban J connectivity index is 2.71. The Kier molecular flexibility index (Phi) is 3.69. The van der Waals surface area contributed by atoms with Crippen molar-refractivity contribution >= 4 is 31.2 Å². The third kappa shape index (κ3) is 3.74. The molecule has 0 unspecified atom stereocenters. The SMILES string of the molecule is O=C(O)CCc1cc(S)cc(S)c1. The molecular weight excluding hydrogens is 204 g/mol. The van der Waals surface area contributed by atoms with Gasteiger partial charge >= 0.3 is 5.97 Å². The lowest BCUT2D eigenvalue weighted by molar-refractivity contribution is -0.136. The van der Waals surface area contributed by atoms with Crippen molar-refractivity contribution in [1.82, 2.24) is 0 Å². The Hall–Kier alpha value is -0.610. The van der Waals surface area contributed by atoms with Crippen LogP contribution in [0.15, 0.2) is 28.0 Å². The van der Waals surface area contributed by atoms with Gasteiger partial charge in [-0.25, -0.2) is 0 Å². The zero-order valence-corrected chi connectivity index (χ0v) is 8.69. The number of thiol groups is 2. The third-order valence-corrected chi connectivity index (χ3v) is 2.11. The maximum absolute atomic E-state index is 10.3. The van der Waals surface area contributed by atoms with E-state index in [0.29, 0.717) is 6.42 Å². The van der Waals surface area contributed by atoms with E-state index < -0.39 is 5.97 Å². The lowest BCUT2D eigenvalue weighted by Crippen LogP contribution is -1.97. The maximum atomic E-state index is 10.3. The van der Waals surface area contributed by atoms with Gasteiger partial charge in [0.05, 0.1) is 0 Å². The van der Waals surface area contributed by atoms with Crippen molar-refractivity contribution in [3.63, 3.8) is 0 Å². The summed E-state index contributed by atoms with van der Waals surface area (Å²) in [6, 6.07) is 5.52. The van der Waals surface area contributed by atoms with Crippen molar-refractivity contribution < 1.29 is 9.90 Å². The third-order valence-electron chi connectivity index (χ3n) is 1.59. The number of aliphatic carboxylic acids is 1. The Morgan fingerprint density at radius 3 is 2.23 bits per heavy atom. The molecule has 0 aliphatic heterocycles. The Morgan fingerprint density at radius 1 is 1.23 bits per heavy atom. The first-order valence-corrected chi connectivity index (χ1v) is 4.71. The van der Waals surface area contributed by atoms with Crippen molar-refractivity contribution in [3.8, 4) is 0 Å². The Bertz CT molecular complexity index is 303. The molecule has 0 saturated carbocycles. The summed E-state index contributed by atoms with van der Waals surface area (Å²) in [4.78, 5) is 11.9. The molecule has 0 aliphatic carbocycles. The zero-order chi connectivity index (χ0) is 9.84. The highest BCUT2D eigenvalue weighted by Gasteiger charge is 2.00. The number of rotatable bonds is 3. The number of carboxylic acid groups (broad SMARTS) is 1. The smallest absolute Gasteiger partial charge is 0.303 e. The summed E-state index contributed by atoms with van der Waals surface area (Å²) >= 11 is 8.34. The van der Waals surface area contributed by atoms with E-state index in [2.05, 4.69) is 25.3 Å². The van der Waals surface area contributed by atoms with Gasteiger partial charge in [-0.05, 0) is 30.2 Å². The molecule has 1 N–H and O–H groups in total. The minimum atomic E-state index is -0.787. The number of carboxylic acids is 1. The predicted octanol–water partition coefficient (Wildman–Crippen LogP) is 2.28. The van der Waals surface area contributed by atoms with Crippen LogP contribution in [0.1, 0.15) is 12.0 Å². The van der Waals surface area contributed by atoms with E-state index in [0.717, 1.165) is 15.4 Å². The lowest BCUT2D eigenvalue weighted by atomic mass is 10.1. The number of hydrogen-bond donors (Lipinski definition) is 3. The summed E-state index contributed by atoms with van der Waals surface area (Å²) in [5.41, 5.74) is 0.958. The molecule has 1 aromatic carbocycles. The van der Waals surface area contributed by atoms with Crippen LogP contribution in [-0.2, 0) is 11.2 Å². The topological polar surface area (TPSA) is 37.3 Å². The van der Waals surface area contributed by atoms with Gasteiger partial charge in [-0.1, -0.05) is 0 Å². The highest BCUT2D eigenvalue weighted by atomic mass is 32.1. The minimum absolute atomic E-state index is 0.143. The minimum Gasteiger partial charge on any atom is -0.481 e. The highest BCUT2D eigenvalue weighted by molar-refractivity contribution is 7.81. The summed E-state index contributed by atoms with van der Waals surface area (Å²) in [5, 5.41) is 8.48. The molecule has 70 valence electrons. The number of benzene rings is 1. The molecule has 0 bridgehead atoms. The second-order valence-corrected chi connectivity index (χ2v) is 3.78. The van der Waals surface area contributed by atoms with Crippen molar-refractivity contribution in [2.75, 3.05) is 0 Å². The van der Waals surface area contributed by atoms with E-state index in [9.17, 15) is 4.79 Å². The molecule has 13 heavy (non-hydrogen) atoms. The average Bonchev–Trinajstić information content (AvgIpc) is 1.99. The standard InChI is InChI=1S/C9H10O2S2/c10-9(11)2-1-6-3-7(12)5-8(13)4-6/h3-5,12-13H,1-2H2,(H,10,11). The molecule has 1 rings (SSSR count). The molecular formula is C9H10O2S2. The molecule has 0 radical (unpaired) electrons. The van der Waals surface area contributed by atoms with Crippen LogP contribution >= 0.6 is 25.3 Å². The molecule has 0 heterocycles. The molecule has 0 saturated heterocycles. The second-order valence-electron chi connectivity index (χ2n) is 2.75. The average molecular weight is 214 g/mol.